The summed E-state index contributed by atoms with van der Waals surface area (Å²) in [5.41, 5.74) is 3.33. The number of nitrogens with one attached hydrogen (secondary N) is 1. The van der Waals surface area contributed by atoms with Crippen molar-refractivity contribution in [3.8, 4) is 0 Å². The second-order valence-corrected chi connectivity index (χ2v) is 10.1. The molecule has 0 bridgehead atoms. The molecular formula is C21H13BrCl2N2OS2. The smallest absolute Gasteiger partial charge is 0.256 e. The SMILES string of the molecule is O=C(Nc1ccc2nc(SCc3ccc(Cl)c(Cl)c3)sc2c1)c1ccccc1Br. The zero-order chi connectivity index (χ0) is 20.4. The minimum Gasteiger partial charge on any atom is -0.322 e. The van der Waals surface area contributed by atoms with E-state index in [0.717, 1.165) is 36.0 Å². The molecule has 0 aliphatic carbocycles. The molecule has 29 heavy (non-hydrogen) atoms. The maximum absolute atomic E-state index is 12.5. The number of anilines is 1. The summed E-state index contributed by atoms with van der Waals surface area (Å²) < 4.78 is 2.74. The summed E-state index contributed by atoms with van der Waals surface area (Å²) in [6.45, 7) is 0. The van der Waals surface area contributed by atoms with E-state index in [4.69, 9.17) is 23.2 Å². The Morgan fingerprint density at radius 3 is 2.69 bits per heavy atom. The minimum absolute atomic E-state index is 0.157. The van der Waals surface area contributed by atoms with Crippen LogP contribution in [-0.2, 0) is 5.75 Å². The van der Waals surface area contributed by atoms with Crippen LogP contribution < -0.4 is 5.32 Å². The van der Waals surface area contributed by atoms with Crippen molar-refractivity contribution in [3.63, 3.8) is 0 Å². The van der Waals surface area contributed by atoms with Crippen molar-refractivity contribution in [2.24, 2.45) is 0 Å². The number of rotatable bonds is 5. The monoisotopic (exact) mass is 522 g/mol. The van der Waals surface area contributed by atoms with Crippen LogP contribution in [0, 0.1) is 0 Å². The van der Waals surface area contributed by atoms with Gasteiger partial charge in [0.15, 0.2) is 4.34 Å². The molecule has 0 aliphatic rings. The van der Waals surface area contributed by atoms with Crippen LogP contribution >= 0.6 is 62.2 Å². The maximum atomic E-state index is 12.5. The van der Waals surface area contributed by atoms with Crippen LogP contribution in [-0.4, -0.2) is 10.9 Å². The Hall–Kier alpha value is -1.57. The summed E-state index contributed by atoms with van der Waals surface area (Å²) >= 11 is 18.7. The lowest BCUT2D eigenvalue weighted by Crippen LogP contribution is -2.12. The fourth-order valence-corrected chi connectivity index (χ4v) is 5.50. The van der Waals surface area contributed by atoms with Crippen LogP contribution in [0.1, 0.15) is 15.9 Å². The van der Waals surface area contributed by atoms with Gasteiger partial charge in [0.1, 0.15) is 0 Å². The third-order valence-corrected chi connectivity index (χ3v) is 7.75. The number of carbonyl (C=O) groups is 1. The first kappa shape index (κ1) is 20.7. The molecule has 0 unspecified atom stereocenters. The summed E-state index contributed by atoms with van der Waals surface area (Å²) in [5, 5.41) is 4.05. The molecule has 1 N–H and O–H groups in total. The quantitative estimate of drug-likeness (QED) is 0.270. The fraction of sp³-hybridized carbons (Fsp3) is 0.0476. The number of amides is 1. The summed E-state index contributed by atoms with van der Waals surface area (Å²) in [7, 11) is 0. The molecular weight excluding hydrogens is 511 g/mol. The first-order chi connectivity index (χ1) is 14.0. The molecule has 0 spiro atoms. The van der Waals surface area contributed by atoms with Crippen molar-refractivity contribution in [3.05, 3.63) is 86.3 Å². The molecule has 3 nitrogen and oxygen atoms in total. The van der Waals surface area contributed by atoms with Gasteiger partial charge < -0.3 is 5.32 Å². The molecule has 0 saturated heterocycles. The number of aromatic nitrogens is 1. The number of benzene rings is 3. The van der Waals surface area contributed by atoms with Gasteiger partial charge in [0.25, 0.3) is 5.91 Å². The number of hydrogen-bond donors (Lipinski definition) is 1. The van der Waals surface area contributed by atoms with E-state index in [1.807, 2.05) is 48.5 Å². The molecule has 146 valence electrons. The minimum atomic E-state index is -0.157. The maximum Gasteiger partial charge on any atom is 0.256 e. The second kappa shape index (κ2) is 9.06. The third-order valence-electron chi connectivity index (χ3n) is 4.09. The van der Waals surface area contributed by atoms with Gasteiger partial charge >= 0.3 is 0 Å². The highest BCUT2D eigenvalue weighted by Crippen LogP contribution is 2.34. The highest BCUT2D eigenvalue weighted by atomic mass is 79.9. The number of hydrogen-bond acceptors (Lipinski definition) is 4. The molecule has 1 heterocycles. The van der Waals surface area contributed by atoms with Crippen LogP contribution in [0.4, 0.5) is 5.69 Å². The van der Waals surface area contributed by atoms with Gasteiger partial charge in [-0.15, -0.1) is 11.3 Å². The molecule has 0 aliphatic heterocycles. The molecule has 0 radical (unpaired) electrons. The Morgan fingerprint density at radius 2 is 1.90 bits per heavy atom. The zero-order valence-corrected chi connectivity index (χ0v) is 19.5. The molecule has 0 saturated carbocycles. The summed E-state index contributed by atoms with van der Waals surface area (Å²) in [6.07, 6.45) is 0. The lowest BCUT2D eigenvalue weighted by Gasteiger charge is -2.06. The van der Waals surface area contributed by atoms with Gasteiger partial charge in [-0.3, -0.25) is 4.79 Å². The standard InChI is InChI=1S/C21H13BrCl2N2OS2/c22-15-4-2-1-3-14(15)20(27)25-13-6-8-18-19(10-13)29-21(26-18)28-11-12-5-7-16(23)17(24)9-12/h1-10H,11H2,(H,25,27). The van der Waals surface area contributed by atoms with E-state index in [0.29, 0.717) is 15.6 Å². The predicted molar refractivity (Wildman–Crippen MR) is 128 cm³/mol. The zero-order valence-electron chi connectivity index (χ0n) is 14.8. The number of halogens is 3. The van der Waals surface area contributed by atoms with Crippen molar-refractivity contribution < 1.29 is 4.79 Å². The summed E-state index contributed by atoms with van der Waals surface area (Å²) in [4.78, 5) is 17.2. The van der Waals surface area contributed by atoms with Crippen molar-refractivity contribution in [2.45, 2.75) is 10.1 Å². The van der Waals surface area contributed by atoms with Gasteiger partial charge in [0.2, 0.25) is 0 Å². The first-order valence-corrected chi connectivity index (χ1v) is 11.9. The van der Waals surface area contributed by atoms with Gasteiger partial charge in [-0.25, -0.2) is 4.98 Å². The topological polar surface area (TPSA) is 42.0 Å². The highest BCUT2D eigenvalue weighted by molar-refractivity contribution is 9.10. The number of fused-ring (bicyclic) bond motifs is 1. The van der Waals surface area contributed by atoms with E-state index in [1.165, 1.54) is 0 Å². The molecule has 8 heteroatoms. The first-order valence-electron chi connectivity index (χ1n) is 8.53. The lowest BCUT2D eigenvalue weighted by atomic mass is 10.2. The Balaban J connectivity index is 1.48. The molecule has 4 aromatic rings. The van der Waals surface area contributed by atoms with Crippen molar-refractivity contribution in [1.29, 1.82) is 0 Å². The molecule has 1 aromatic heterocycles. The van der Waals surface area contributed by atoms with Crippen LogP contribution in [0.25, 0.3) is 10.2 Å². The van der Waals surface area contributed by atoms with Crippen LogP contribution in [0.3, 0.4) is 0 Å². The molecule has 3 aromatic carbocycles. The van der Waals surface area contributed by atoms with Crippen LogP contribution in [0.5, 0.6) is 0 Å². The number of thiazole rings is 1. The van der Waals surface area contributed by atoms with E-state index in [2.05, 4.69) is 26.2 Å². The number of carbonyl (C=O) groups excluding carboxylic acids is 1. The van der Waals surface area contributed by atoms with Gasteiger partial charge in [-0.1, -0.05) is 53.2 Å². The van der Waals surface area contributed by atoms with E-state index >= 15 is 0 Å². The van der Waals surface area contributed by atoms with E-state index in [1.54, 1.807) is 35.2 Å². The van der Waals surface area contributed by atoms with Gasteiger partial charge in [0.05, 0.1) is 25.8 Å². The van der Waals surface area contributed by atoms with Crippen molar-refractivity contribution in [1.82, 2.24) is 4.98 Å². The van der Waals surface area contributed by atoms with Crippen molar-refractivity contribution >= 4 is 84.0 Å². The van der Waals surface area contributed by atoms with Gasteiger partial charge in [-0.2, -0.15) is 0 Å². The predicted octanol–water partition coefficient (Wildman–Crippen LogP) is 7.91. The average molecular weight is 524 g/mol. The average Bonchev–Trinajstić information content (AvgIpc) is 3.11. The van der Waals surface area contributed by atoms with Gasteiger partial charge in [-0.05, 0) is 64.0 Å². The summed E-state index contributed by atoms with van der Waals surface area (Å²) in [5.74, 6) is 0.595. The lowest BCUT2D eigenvalue weighted by molar-refractivity contribution is 0.102. The Morgan fingerprint density at radius 1 is 1.07 bits per heavy atom. The highest BCUT2D eigenvalue weighted by Gasteiger charge is 2.11. The molecule has 4 rings (SSSR count). The Labute approximate surface area is 194 Å². The molecule has 1 amide bonds. The fourth-order valence-electron chi connectivity index (χ4n) is 2.66. The Kier molecular flexibility index (Phi) is 6.47. The number of thioether (sulfide) groups is 1. The van der Waals surface area contributed by atoms with Gasteiger partial charge in [0, 0.05) is 15.9 Å². The van der Waals surface area contributed by atoms with E-state index in [9.17, 15) is 4.79 Å². The largest absolute Gasteiger partial charge is 0.322 e. The normalized spacial score (nSPS) is 11.0. The summed E-state index contributed by atoms with van der Waals surface area (Å²) in [6, 6.07) is 18.7. The second-order valence-electron chi connectivity index (χ2n) is 6.13. The van der Waals surface area contributed by atoms with Crippen LogP contribution in [0.15, 0.2) is 69.5 Å². The Bertz CT molecular complexity index is 1210. The molecule has 0 atom stereocenters. The van der Waals surface area contributed by atoms with E-state index < -0.39 is 0 Å². The van der Waals surface area contributed by atoms with Crippen molar-refractivity contribution in [2.75, 3.05) is 5.32 Å². The number of nitrogens with zero attached hydrogens (tertiary/aromatic N) is 1. The third kappa shape index (κ3) is 4.95. The van der Waals surface area contributed by atoms with E-state index in [-0.39, 0.29) is 5.91 Å². The van der Waals surface area contributed by atoms with Crippen LogP contribution in [0.2, 0.25) is 10.0 Å². The molecule has 0 fully saturated rings.